The number of nitriles is 1. The van der Waals surface area contributed by atoms with Crippen LogP contribution >= 0.6 is 0 Å². The first kappa shape index (κ1) is 12.0. The van der Waals surface area contributed by atoms with Crippen molar-refractivity contribution in [2.75, 3.05) is 5.73 Å². The third-order valence-electron chi connectivity index (χ3n) is 3.04. The lowest BCUT2D eigenvalue weighted by atomic mass is 10.1. The molecule has 4 nitrogen and oxygen atoms in total. The Kier molecular flexibility index (Phi) is 2.94. The minimum atomic E-state index is 0.492. The van der Waals surface area contributed by atoms with Gasteiger partial charge in [-0.05, 0) is 30.3 Å². The Labute approximate surface area is 116 Å². The molecule has 4 heteroatoms. The van der Waals surface area contributed by atoms with Crippen molar-refractivity contribution in [2.45, 2.75) is 0 Å². The molecule has 96 valence electrons. The zero-order valence-electron chi connectivity index (χ0n) is 10.6. The van der Waals surface area contributed by atoms with Crippen molar-refractivity contribution in [1.29, 1.82) is 5.26 Å². The van der Waals surface area contributed by atoms with Gasteiger partial charge in [0.05, 0.1) is 5.56 Å². The summed E-state index contributed by atoms with van der Waals surface area (Å²) in [5.74, 6) is 1.18. The topological polar surface area (TPSA) is 71.9 Å². The number of hydrogen-bond acceptors (Lipinski definition) is 4. The first-order chi connectivity index (χ1) is 9.79. The summed E-state index contributed by atoms with van der Waals surface area (Å²) in [5.41, 5.74) is 7.07. The molecule has 0 aliphatic rings. The van der Waals surface area contributed by atoms with E-state index in [0.29, 0.717) is 22.7 Å². The molecule has 0 aliphatic heterocycles. The number of anilines is 1. The second-order valence-corrected chi connectivity index (χ2v) is 4.28. The Balaban J connectivity index is 2.12. The number of benzene rings is 2. The molecule has 0 bridgehead atoms. The highest BCUT2D eigenvalue weighted by atomic mass is 16.5. The zero-order chi connectivity index (χ0) is 13.9. The van der Waals surface area contributed by atoms with Crippen molar-refractivity contribution in [3.05, 3.63) is 60.4 Å². The van der Waals surface area contributed by atoms with E-state index in [4.69, 9.17) is 15.7 Å². The van der Waals surface area contributed by atoms with Crippen molar-refractivity contribution in [2.24, 2.45) is 0 Å². The van der Waals surface area contributed by atoms with Gasteiger partial charge in [-0.15, -0.1) is 0 Å². The summed E-state index contributed by atoms with van der Waals surface area (Å²) in [6.07, 6.45) is 3.39. The summed E-state index contributed by atoms with van der Waals surface area (Å²) >= 11 is 0. The van der Waals surface area contributed by atoms with Gasteiger partial charge in [0.15, 0.2) is 0 Å². The number of ether oxygens (including phenoxy) is 1. The summed E-state index contributed by atoms with van der Waals surface area (Å²) in [6.45, 7) is 0. The number of hydrogen-bond donors (Lipinski definition) is 1. The molecule has 0 amide bonds. The molecule has 0 aliphatic carbocycles. The maximum Gasteiger partial charge on any atom is 0.145 e. The monoisotopic (exact) mass is 261 g/mol. The molecule has 0 spiro atoms. The van der Waals surface area contributed by atoms with Crippen molar-refractivity contribution in [3.8, 4) is 17.6 Å². The van der Waals surface area contributed by atoms with Gasteiger partial charge in [0.25, 0.3) is 0 Å². The van der Waals surface area contributed by atoms with Crippen LogP contribution in [0.5, 0.6) is 11.5 Å². The number of aromatic nitrogens is 1. The van der Waals surface area contributed by atoms with Crippen molar-refractivity contribution >= 4 is 16.5 Å². The van der Waals surface area contributed by atoms with E-state index in [9.17, 15) is 0 Å². The van der Waals surface area contributed by atoms with Gasteiger partial charge in [-0.1, -0.05) is 12.1 Å². The van der Waals surface area contributed by atoms with E-state index in [2.05, 4.69) is 11.1 Å². The van der Waals surface area contributed by atoms with Crippen LogP contribution in [0.3, 0.4) is 0 Å². The van der Waals surface area contributed by atoms with E-state index in [-0.39, 0.29) is 0 Å². The second kappa shape index (κ2) is 4.90. The SMILES string of the molecule is N#Cc1ccccc1Oc1ccc(N)c2cnccc12. The lowest BCUT2D eigenvalue weighted by molar-refractivity contribution is 0.487. The summed E-state index contributed by atoms with van der Waals surface area (Å²) in [4.78, 5) is 4.07. The van der Waals surface area contributed by atoms with Crippen LogP contribution in [0.4, 0.5) is 5.69 Å². The molecular formula is C16H11N3O. The van der Waals surface area contributed by atoms with Gasteiger partial charge >= 0.3 is 0 Å². The third kappa shape index (κ3) is 2.02. The number of pyridine rings is 1. The van der Waals surface area contributed by atoms with Gasteiger partial charge in [-0.25, -0.2) is 0 Å². The van der Waals surface area contributed by atoms with Gasteiger partial charge in [-0.3, -0.25) is 4.98 Å². The number of nitrogens with zero attached hydrogens (tertiary/aromatic N) is 2. The van der Waals surface area contributed by atoms with Gasteiger partial charge in [-0.2, -0.15) is 5.26 Å². The Hall–Kier alpha value is -3.06. The maximum atomic E-state index is 9.09. The largest absolute Gasteiger partial charge is 0.455 e. The van der Waals surface area contributed by atoms with Crippen LogP contribution in [0.25, 0.3) is 10.8 Å². The van der Waals surface area contributed by atoms with Crippen LogP contribution in [-0.4, -0.2) is 4.98 Å². The quantitative estimate of drug-likeness (QED) is 0.717. The standard InChI is InChI=1S/C16H11N3O/c17-9-11-3-1-2-4-15(11)20-16-6-5-14(18)13-10-19-8-7-12(13)16/h1-8,10H,18H2. The van der Waals surface area contributed by atoms with E-state index < -0.39 is 0 Å². The molecular weight excluding hydrogens is 250 g/mol. The fourth-order valence-corrected chi connectivity index (χ4v) is 2.04. The first-order valence-electron chi connectivity index (χ1n) is 6.09. The number of fused-ring (bicyclic) bond motifs is 1. The zero-order valence-corrected chi connectivity index (χ0v) is 10.6. The van der Waals surface area contributed by atoms with E-state index in [0.717, 1.165) is 10.8 Å². The van der Waals surface area contributed by atoms with Gasteiger partial charge in [0.1, 0.15) is 17.6 Å². The van der Waals surface area contributed by atoms with Crippen LogP contribution in [0.1, 0.15) is 5.56 Å². The Morgan fingerprint density at radius 1 is 1.00 bits per heavy atom. The van der Waals surface area contributed by atoms with Crippen LogP contribution in [0.2, 0.25) is 0 Å². The third-order valence-corrected chi connectivity index (χ3v) is 3.04. The summed E-state index contributed by atoms with van der Waals surface area (Å²) in [6, 6.07) is 14.6. The molecule has 20 heavy (non-hydrogen) atoms. The highest BCUT2D eigenvalue weighted by Crippen LogP contribution is 2.33. The lowest BCUT2D eigenvalue weighted by Gasteiger charge is -2.11. The molecule has 3 rings (SSSR count). The highest BCUT2D eigenvalue weighted by Gasteiger charge is 2.08. The maximum absolute atomic E-state index is 9.09. The molecule has 1 heterocycles. The van der Waals surface area contributed by atoms with E-state index in [1.807, 2.05) is 12.1 Å². The minimum Gasteiger partial charge on any atom is -0.455 e. The molecule has 0 unspecified atom stereocenters. The van der Waals surface area contributed by atoms with Crippen molar-refractivity contribution < 1.29 is 4.74 Å². The molecule has 0 radical (unpaired) electrons. The smallest absolute Gasteiger partial charge is 0.145 e. The highest BCUT2D eigenvalue weighted by molar-refractivity contribution is 5.96. The molecule has 3 aromatic rings. The van der Waals surface area contributed by atoms with Crippen LogP contribution in [0, 0.1) is 11.3 Å². The Morgan fingerprint density at radius 3 is 2.70 bits per heavy atom. The van der Waals surface area contributed by atoms with Crippen LogP contribution in [0.15, 0.2) is 54.9 Å². The summed E-state index contributed by atoms with van der Waals surface area (Å²) in [7, 11) is 0. The number of rotatable bonds is 2. The average molecular weight is 261 g/mol. The van der Waals surface area contributed by atoms with E-state index in [1.54, 1.807) is 42.7 Å². The number of nitrogens with two attached hydrogens (primary N) is 1. The predicted molar refractivity (Wildman–Crippen MR) is 77.4 cm³/mol. The van der Waals surface area contributed by atoms with Gasteiger partial charge in [0, 0.05) is 28.9 Å². The molecule has 0 saturated heterocycles. The second-order valence-electron chi connectivity index (χ2n) is 4.28. The summed E-state index contributed by atoms with van der Waals surface area (Å²) < 4.78 is 5.86. The van der Waals surface area contributed by atoms with E-state index >= 15 is 0 Å². The first-order valence-corrected chi connectivity index (χ1v) is 6.09. The minimum absolute atomic E-state index is 0.492. The van der Waals surface area contributed by atoms with Gasteiger partial charge < -0.3 is 10.5 Å². The average Bonchev–Trinajstić information content (AvgIpc) is 2.51. The van der Waals surface area contributed by atoms with Crippen molar-refractivity contribution in [3.63, 3.8) is 0 Å². The Bertz CT molecular complexity index is 821. The normalized spacial score (nSPS) is 10.2. The van der Waals surface area contributed by atoms with Crippen LogP contribution < -0.4 is 10.5 Å². The molecule has 2 aromatic carbocycles. The Morgan fingerprint density at radius 2 is 1.85 bits per heavy atom. The van der Waals surface area contributed by atoms with Crippen molar-refractivity contribution in [1.82, 2.24) is 4.98 Å². The number of para-hydroxylation sites is 1. The lowest BCUT2D eigenvalue weighted by Crippen LogP contribution is -1.92. The van der Waals surface area contributed by atoms with E-state index in [1.165, 1.54) is 0 Å². The fraction of sp³-hybridized carbons (Fsp3) is 0. The molecule has 0 fully saturated rings. The summed E-state index contributed by atoms with van der Waals surface area (Å²) in [5, 5.41) is 10.8. The van der Waals surface area contributed by atoms with Crippen LogP contribution in [-0.2, 0) is 0 Å². The fourth-order valence-electron chi connectivity index (χ4n) is 2.04. The molecule has 1 aromatic heterocycles. The molecule has 0 atom stereocenters. The molecule has 0 saturated carbocycles. The van der Waals surface area contributed by atoms with Gasteiger partial charge in [0.2, 0.25) is 0 Å². The number of nitrogen functional groups attached to an aromatic ring is 1. The predicted octanol–water partition coefficient (Wildman–Crippen LogP) is 3.48. The molecule has 2 N–H and O–H groups in total.